The molecule has 0 aromatic carbocycles. The van der Waals surface area contributed by atoms with Gasteiger partial charge in [-0.3, -0.25) is 4.57 Å². The minimum absolute atomic E-state index is 0.226. The Kier molecular flexibility index (Phi) is 4.30. The van der Waals surface area contributed by atoms with Gasteiger partial charge >= 0.3 is 0 Å². The summed E-state index contributed by atoms with van der Waals surface area (Å²) in [6.07, 6.45) is 0.518. The van der Waals surface area contributed by atoms with Gasteiger partial charge in [-0.15, -0.1) is 21.5 Å². The van der Waals surface area contributed by atoms with Gasteiger partial charge in [0.05, 0.1) is 6.61 Å². The van der Waals surface area contributed by atoms with Crippen LogP contribution in [0.5, 0.6) is 0 Å². The van der Waals surface area contributed by atoms with Crippen molar-refractivity contribution in [3.63, 3.8) is 0 Å². The van der Waals surface area contributed by atoms with Crippen LogP contribution in [0.4, 0.5) is 0 Å². The Morgan fingerprint density at radius 3 is 2.84 bits per heavy atom. The van der Waals surface area contributed by atoms with Crippen molar-refractivity contribution in [3.8, 4) is 0 Å². The number of nitrogens with zero attached hydrogens (tertiary/aromatic N) is 3. The lowest BCUT2D eigenvalue weighted by Crippen LogP contribution is -2.21. The summed E-state index contributed by atoms with van der Waals surface area (Å²) >= 11 is 1.57. The Hall–Kier alpha value is -1.29. The number of ether oxygens (including phenoxy) is 1. The molecule has 9 heteroatoms. The van der Waals surface area contributed by atoms with E-state index in [1.54, 1.807) is 18.4 Å². The van der Waals surface area contributed by atoms with E-state index in [-0.39, 0.29) is 5.16 Å². The van der Waals surface area contributed by atoms with E-state index < -0.39 is 10.0 Å². The van der Waals surface area contributed by atoms with Crippen molar-refractivity contribution in [1.29, 1.82) is 0 Å². The molecule has 2 N–H and O–H groups in total. The van der Waals surface area contributed by atoms with E-state index in [0.717, 1.165) is 4.88 Å². The van der Waals surface area contributed by atoms with E-state index in [1.165, 1.54) is 4.57 Å². The van der Waals surface area contributed by atoms with Crippen LogP contribution in [0.2, 0.25) is 0 Å². The number of sulfonamides is 1. The van der Waals surface area contributed by atoms with Crippen LogP contribution < -0.4 is 5.14 Å². The molecule has 2 rings (SSSR count). The van der Waals surface area contributed by atoms with Crippen molar-refractivity contribution in [2.75, 3.05) is 13.7 Å². The van der Waals surface area contributed by atoms with Crippen LogP contribution in [0.25, 0.3) is 0 Å². The molecule has 19 heavy (non-hydrogen) atoms. The number of thiophene rings is 1. The molecule has 0 fully saturated rings. The van der Waals surface area contributed by atoms with Gasteiger partial charge in [0.15, 0.2) is 0 Å². The molecule has 0 saturated carbocycles. The summed E-state index contributed by atoms with van der Waals surface area (Å²) in [5.41, 5.74) is 0. The summed E-state index contributed by atoms with van der Waals surface area (Å²) < 4.78 is 29.3. The lowest BCUT2D eigenvalue weighted by molar-refractivity contribution is 0.183. The van der Waals surface area contributed by atoms with Gasteiger partial charge in [-0.25, -0.2) is 13.6 Å². The molecule has 0 amide bonds. The van der Waals surface area contributed by atoms with Gasteiger partial charge < -0.3 is 4.74 Å². The van der Waals surface area contributed by atoms with Crippen molar-refractivity contribution < 1.29 is 13.2 Å². The van der Waals surface area contributed by atoms with E-state index >= 15 is 0 Å². The zero-order valence-corrected chi connectivity index (χ0v) is 11.9. The van der Waals surface area contributed by atoms with Crippen molar-refractivity contribution >= 4 is 21.4 Å². The van der Waals surface area contributed by atoms with Gasteiger partial charge in [0, 0.05) is 25.0 Å². The van der Waals surface area contributed by atoms with Crippen molar-refractivity contribution in [2.45, 2.75) is 18.1 Å². The molecule has 2 aromatic rings. The Morgan fingerprint density at radius 1 is 1.47 bits per heavy atom. The van der Waals surface area contributed by atoms with Gasteiger partial charge in [-0.1, -0.05) is 6.07 Å². The molecule has 0 aliphatic heterocycles. The lowest BCUT2D eigenvalue weighted by Gasteiger charge is -2.07. The lowest BCUT2D eigenvalue weighted by atomic mass is 10.3. The van der Waals surface area contributed by atoms with Gasteiger partial charge in [-0.05, 0) is 11.4 Å². The second kappa shape index (κ2) is 5.78. The third-order valence-corrected chi connectivity index (χ3v) is 4.17. The molecule has 2 aromatic heterocycles. The third kappa shape index (κ3) is 3.38. The Balaban J connectivity index is 2.35. The van der Waals surface area contributed by atoms with Crippen molar-refractivity contribution in [1.82, 2.24) is 14.8 Å². The number of methoxy groups -OCH3 is 1. The zero-order chi connectivity index (χ0) is 13.9. The van der Waals surface area contributed by atoms with Gasteiger partial charge in [0.2, 0.25) is 0 Å². The molecular formula is C10H14N4O3S2. The summed E-state index contributed by atoms with van der Waals surface area (Å²) in [6.45, 7) is 0.702. The topological polar surface area (TPSA) is 100 Å². The zero-order valence-electron chi connectivity index (χ0n) is 10.3. The first kappa shape index (κ1) is 14.1. The van der Waals surface area contributed by atoms with Crippen LogP contribution in [0.15, 0.2) is 22.7 Å². The predicted molar refractivity (Wildman–Crippen MR) is 70.4 cm³/mol. The quantitative estimate of drug-likeness (QED) is 0.823. The average Bonchev–Trinajstić information content (AvgIpc) is 2.96. The number of hydrogen-bond acceptors (Lipinski definition) is 6. The van der Waals surface area contributed by atoms with Crippen LogP contribution in [0.3, 0.4) is 0 Å². The van der Waals surface area contributed by atoms with Crippen LogP contribution >= 0.6 is 11.3 Å². The normalized spacial score (nSPS) is 11.9. The maximum absolute atomic E-state index is 11.4. The molecule has 0 radical (unpaired) electrons. The molecule has 0 spiro atoms. The highest BCUT2D eigenvalue weighted by Gasteiger charge is 2.21. The van der Waals surface area contributed by atoms with Gasteiger partial charge in [0.25, 0.3) is 15.2 Å². The van der Waals surface area contributed by atoms with Crippen molar-refractivity contribution in [3.05, 3.63) is 28.2 Å². The molecular weight excluding hydrogens is 288 g/mol. The number of nitrogens with two attached hydrogens (primary N) is 1. The molecule has 2 heterocycles. The van der Waals surface area contributed by atoms with Gasteiger partial charge in [0.1, 0.15) is 5.82 Å². The predicted octanol–water partition coefficient (Wildman–Crippen LogP) is 0.224. The van der Waals surface area contributed by atoms with E-state index in [0.29, 0.717) is 25.4 Å². The Labute approximate surface area is 115 Å². The third-order valence-electron chi connectivity index (χ3n) is 2.48. The van der Waals surface area contributed by atoms with E-state index in [4.69, 9.17) is 9.88 Å². The highest BCUT2D eigenvalue weighted by Crippen LogP contribution is 2.15. The second-order valence-electron chi connectivity index (χ2n) is 3.84. The first-order valence-corrected chi connectivity index (χ1v) is 7.91. The molecule has 0 saturated heterocycles. The number of rotatable bonds is 6. The molecule has 0 aliphatic rings. The molecule has 7 nitrogen and oxygen atoms in total. The van der Waals surface area contributed by atoms with Crippen LogP contribution in [0, 0.1) is 0 Å². The van der Waals surface area contributed by atoms with Crippen LogP contribution in [0.1, 0.15) is 10.7 Å². The summed E-state index contributed by atoms with van der Waals surface area (Å²) in [5.74, 6) is 0.559. The van der Waals surface area contributed by atoms with Gasteiger partial charge in [-0.2, -0.15) is 0 Å². The highest BCUT2D eigenvalue weighted by molar-refractivity contribution is 7.89. The van der Waals surface area contributed by atoms with Crippen LogP contribution in [-0.4, -0.2) is 36.9 Å². The molecule has 0 unspecified atom stereocenters. The van der Waals surface area contributed by atoms with Crippen LogP contribution in [-0.2, 0) is 27.7 Å². The number of aromatic nitrogens is 3. The minimum Gasteiger partial charge on any atom is -0.383 e. The first-order chi connectivity index (χ1) is 9.02. The summed E-state index contributed by atoms with van der Waals surface area (Å²) in [6, 6.07) is 3.88. The van der Waals surface area contributed by atoms with E-state index in [1.807, 2.05) is 17.5 Å². The monoisotopic (exact) mass is 302 g/mol. The smallest absolute Gasteiger partial charge is 0.273 e. The van der Waals surface area contributed by atoms with Crippen molar-refractivity contribution in [2.24, 2.45) is 5.14 Å². The highest BCUT2D eigenvalue weighted by atomic mass is 32.2. The largest absolute Gasteiger partial charge is 0.383 e. The molecule has 104 valence electrons. The summed E-state index contributed by atoms with van der Waals surface area (Å²) in [5, 5.41) is 14.4. The summed E-state index contributed by atoms with van der Waals surface area (Å²) in [4.78, 5) is 1.08. The summed E-state index contributed by atoms with van der Waals surface area (Å²) in [7, 11) is -2.34. The minimum atomic E-state index is -3.88. The standard InChI is InChI=1S/C10H14N4O3S2/c1-17-5-4-14-9(7-8-3-2-6-18-8)12-13-10(14)19(11,15)16/h2-3,6H,4-5,7H2,1H3,(H2,11,15,16). The van der Waals surface area contributed by atoms with E-state index in [9.17, 15) is 8.42 Å². The first-order valence-electron chi connectivity index (χ1n) is 5.48. The Bertz CT molecular complexity index is 634. The fraction of sp³-hybridized carbons (Fsp3) is 0.400. The molecule has 0 bridgehead atoms. The Morgan fingerprint density at radius 2 is 2.26 bits per heavy atom. The molecule has 0 atom stereocenters. The fourth-order valence-electron chi connectivity index (χ4n) is 1.64. The fourth-order valence-corrected chi connectivity index (χ4v) is 3.00. The SMILES string of the molecule is COCCn1c(Cc2cccs2)nnc1S(N)(=O)=O. The number of primary sulfonamides is 1. The molecule has 0 aliphatic carbocycles. The number of hydrogen-bond donors (Lipinski definition) is 1. The maximum atomic E-state index is 11.4. The average molecular weight is 302 g/mol. The second-order valence-corrected chi connectivity index (χ2v) is 6.33. The van der Waals surface area contributed by atoms with E-state index in [2.05, 4.69) is 10.2 Å². The maximum Gasteiger partial charge on any atom is 0.273 e.